The minimum Gasteiger partial charge on any atom is -0.381 e. The lowest BCUT2D eigenvalue weighted by Crippen LogP contribution is -2.33. The first-order valence-corrected chi connectivity index (χ1v) is 6.63. The summed E-state index contributed by atoms with van der Waals surface area (Å²) in [5.41, 5.74) is 0. The molecule has 0 bridgehead atoms. The van der Waals surface area contributed by atoms with Gasteiger partial charge in [-0.3, -0.25) is 0 Å². The molecular weight excluding hydrogens is 186 g/mol. The van der Waals surface area contributed by atoms with Crippen LogP contribution in [0, 0.1) is 5.92 Å². The van der Waals surface area contributed by atoms with Crippen LogP contribution >= 0.6 is 0 Å². The van der Waals surface area contributed by atoms with Gasteiger partial charge in [0.05, 0.1) is 6.61 Å². The third kappa shape index (κ3) is 4.98. The topological polar surface area (TPSA) is 21.3 Å². The first-order chi connectivity index (χ1) is 7.38. The van der Waals surface area contributed by atoms with Gasteiger partial charge in [-0.1, -0.05) is 39.0 Å². The first kappa shape index (κ1) is 13.0. The Hall–Kier alpha value is -0.0800. The molecule has 1 aliphatic rings. The van der Waals surface area contributed by atoms with E-state index >= 15 is 0 Å². The maximum Gasteiger partial charge on any atom is 0.0509 e. The summed E-state index contributed by atoms with van der Waals surface area (Å²) in [7, 11) is 2.09. The predicted molar refractivity (Wildman–Crippen MR) is 65.1 cm³/mol. The van der Waals surface area contributed by atoms with Crippen molar-refractivity contribution < 1.29 is 4.74 Å². The molecule has 1 aliphatic heterocycles. The molecule has 0 aromatic carbocycles. The van der Waals surface area contributed by atoms with Gasteiger partial charge in [-0.2, -0.15) is 0 Å². The lowest BCUT2D eigenvalue weighted by Gasteiger charge is -2.21. The van der Waals surface area contributed by atoms with Crippen molar-refractivity contribution in [3.8, 4) is 0 Å². The molecule has 0 radical (unpaired) electrons. The third-order valence-corrected chi connectivity index (χ3v) is 3.52. The largest absolute Gasteiger partial charge is 0.381 e. The number of unbranched alkanes of at least 4 members (excludes halogenated alkanes) is 4. The Bertz CT molecular complexity index is 143. The first-order valence-electron chi connectivity index (χ1n) is 6.63. The Morgan fingerprint density at radius 3 is 2.67 bits per heavy atom. The van der Waals surface area contributed by atoms with E-state index < -0.39 is 0 Å². The highest BCUT2D eigenvalue weighted by atomic mass is 16.5. The molecule has 2 atom stereocenters. The molecule has 0 aromatic heterocycles. The van der Waals surface area contributed by atoms with E-state index in [1.54, 1.807) is 0 Å². The fourth-order valence-electron chi connectivity index (χ4n) is 2.45. The molecule has 1 N–H and O–H groups in total. The van der Waals surface area contributed by atoms with Crippen LogP contribution in [0.4, 0.5) is 0 Å². The van der Waals surface area contributed by atoms with Crippen LogP contribution in [0.1, 0.15) is 51.9 Å². The van der Waals surface area contributed by atoms with E-state index in [2.05, 4.69) is 19.3 Å². The molecular formula is C13H27NO. The van der Waals surface area contributed by atoms with Gasteiger partial charge in [0.2, 0.25) is 0 Å². The van der Waals surface area contributed by atoms with Crippen molar-refractivity contribution in [2.24, 2.45) is 5.92 Å². The van der Waals surface area contributed by atoms with Crippen molar-refractivity contribution in [3.05, 3.63) is 0 Å². The molecule has 1 rings (SSSR count). The highest BCUT2D eigenvalue weighted by molar-refractivity contribution is 4.78. The van der Waals surface area contributed by atoms with Crippen LogP contribution in [-0.4, -0.2) is 26.3 Å². The molecule has 1 fully saturated rings. The van der Waals surface area contributed by atoms with Crippen LogP contribution in [0.5, 0.6) is 0 Å². The minimum absolute atomic E-state index is 0.689. The van der Waals surface area contributed by atoms with E-state index in [9.17, 15) is 0 Å². The summed E-state index contributed by atoms with van der Waals surface area (Å²) in [6, 6.07) is 0.689. The van der Waals surface area contributed by atoms with Crippen LogP contribution in [0.15, 0.2) is 0 Å². The maximum absolute atomic E-state index is 5.44. The van der Waals surface area contributed by atoms with Gasteiger partial charge in [-0.05, 0) is 25.8 Å². The van der Waals surface area contributed by atoms with Crippen LogP contribution in [-0.2, 0) is 4.74 Å². The summed E-state index contributed by atoms with van der Waals surface area (Å²) >= 11 is 0. The molecule has 0 amide bonds. The zero-order valence-corrected chi connectivity index (χ0v) is 10.4. The highest BCUT2D eigenvalue weighted by Gasteiger charge is 2.23. The van der Waals surface area contributed by atoms with Crippen LogP contribution in [0.2, 0.25) is 0 Å². The van der Waals surface area contributed by atoms with E-state index in [0.717, 1.165) is 19.1 Å². The molecule has 1 saturated heterocycles. The fraction of sp³-hybridized carbons (Fsp3) is 1.00. The van der Waals surface area contributed by atoms with Crippen molar-refractivity contribution in [2.45, 2.75) is 57.9 Å². The summed E-state index contributed by atoms with van der Waals surface area (Å²) in [4.78, 5) is 0. The van der Waals surface area contributed by atoms with Crippen molar-refractivity contribution in [1.82, 2.24) is 5.32 Å². The van der Waals surface area contributed by atoms with Gasteiger partial charge in [0.15, 0.2) is 0 Å². The lowest BCUT2D eigenvalue weighted by atomic mass is 9.94. The lowest BCUT2D eigenvalue weighted by molar-refractivity contribution is 0.176. The van der Waals surface area contributed by atoms with E-state index in [0.29, 0.717) is 6.04 Å². The Morgan fingerprint density at radius 1 is 1.27 bits per heavy atom. The van der Waals surface area contributed by atoms with Gasteiger partial charge >= 0.3 is 0 Å². The molecule has 0 saturated carbocycles. The zero-order chi connectivity index (χ0) is 10.9. The maximum atomic E-state index is 5.44. The summed E-state index contributed by atoms with van der Waals surface area (Å²) in [5.74, 6) is 0.765. The van der Waals surface area contributed by atoms with E-state index in [1.165, 1.54) is 44.9 Å². The smallest absolute Gasteiger partial charge is 0.0509 e. The molecule has 2 heteroatoms. The monoisotopic (exact) mass is 213 g/mol. The fourth-order valence-corrected chi connectivity index (χ4v) is 2.45. The normalized spacial score (nSPS) is 23.2. The summed E-state index contributed by atoms with van der Waals surface area (Å²) < 4.78 is 5.44. The van der Waals surface area contributed by atoms with E-state index in [-0.39, 0.29) is 0 Å². The molecule has 2 unspecified atom stereocenters. The Balaban J connectivity index is 2.05. The average molecular weight is 213 g/mol. The Labute approximate surface area is 94.8 Å². The van der Waals surface area contributed by atoms with Crippen LogP contribution in [0.3, 0.4) is 0 Å². The van der Waals surface area contributed by atoms with Crippen molar-refractivity contribution in [2.75, 3.05) is 20.3 Å². The number of nitrogens with one attached hydrogen (secondary N) is 1. The second-order valence-electron chi connectivity index (χ2n) is 4.72. The van der Waals surface area contributed by atoms with Gasteiger partial charge in [0, 0.05) is 12.6 Å². The molecule has 1 heterocycles. The van der Waals surface area contributed by atoms with Crippen molar-refractivity contribution in [3.63, 3.8) is 0 Å². The highest BCUT2D eigenvalue weighted by Crippen LogP contribution is 2.20. The molecule has 2 nitrogen and oxygen atoms in total. The average Bonchev–Trinajstić information content (AvgIpc) is 2.77. The number of rotatable bonds is 8. The Kier molecular flexibility index (Phi) is 7.03. The second-order valence-corrected chi connectivity index (χ2v) is 4.72. The number of hydrogen-bond donors (Lipinski definition) is 1. The molecule has 0 aromatic rings. The SMILES string of the molecule is CCCCCCCC(NC)C1CCOC1. The molecule has 15 heavy (non-hydrogen) atoms. The van der Waals surface area contributed by atoms with Crippen molar-refractivity contribution >= 4 is 0 Å². The van der Waals surface area contributed by atoms with E-state index in [4.69, 9.17) is 4.74 Å². The summed E-state index contributed by atoms with van der Waals surface area (Å²) in [6.07, 6.45) is 9.51. The van der Waals surface area contributed by atoms with Gasteiger partial charge in [0.25, 0.3) is 0 Å². The van der Waals surface area contributed by atoms with Gasteiger partial charge < -0.3 is 10.1 Å². The van der Waals surface area contributed by atoms with E-state index in [1.807, 2.05) is 0 Å². The van der Waals surface area contributed by atoms with Crippen molar-refractivity contribution in [1.29, 1.82) is 0 Å². The second kappa shape index (κ2) is 8.12. The molecule has 90 valence electrons. The predicted octanol–water partition coefficient (Wildman–Crippen LogP) is 2.97. The standard InChI is InChI=1S/C13H27NO/c1-3-4-5-6-7-8-13(14-2)12-9-10-15-11-12/h12-14H,3-11H2,1-2H3. The van der Waals surface area contributed by atoms with Gasteiger partial charge in [-0.15, -0.1) is 0 Å². The minimum atomic E-state index is 0.689. The Morgan fingerprint density at radius 2 is 2.07 bits per heavy atom. The quantitative estimate of drug-likeness (QED) is 0.626. The molecule has 0 spiro atoms. The third-order valence-electron chi connectivity index (χ3n) is 3.52. The summed E-state index contributed by atoms with van der Waals surface area (Å²) in [6.45, 7) is 4.21. The number of ether oxygens (including phenoxy) is 1. The number of hydrogen-bond acceptors (Lipinski definition) is 2. The zero-order valence-electron chi connectivity index (χ0n) is 10.4. The van der Waals surface area contributed by atoms with Gasteiger partial charge in [-0.25, -0.2) is 0 Å². The molecule has 0 aliphatic carbocycles. The van der Waals surface area contributed by atoms with Crippen LogP contribution in [0.25, 0.3) is 0 Å². The summed E-state index contributed by atoms with van der Waals surface area (Å²) in [5, 5.41) is 3.45. The van der Waals surface area contributed by atoms with Crippen LogP contribution < -0.4 is 5.32 Å². The van der Waals surface area contributed by atoms with Gasteiger partial charge in [0.1, 0.15) is 0 Å².